The molecule has 2 atom stereocenters. The maximum atomic E-state index is 12.3. The molecule has 0 aliphatic rings. The number of carboxylic acids is 1. The fourth-order valence-corrected chi connectivity index (χ4v) is 3.08. The molecule has 0 saturated heterocycles. The Morgan fingerprint density at radius 3 is 2.23 bits per heavy atom. The predicted molar refractivity (Wildman–Crippen MR) is 95.9 cm³/mol. The van der Waals surface area contributed by atoms with E-state index >= 15 is 0 Å². The van der Waals surface area contributed by atoms with Crippen LogP contribution in [0.25, 0.3) is 0 Å². The van der Waals surface area contributed by atoms with Crippen LogP contribution in [0.3, 0.4) is 0 Å². The fourth-order valence-electron chi connectivity index (χ4n) is 2.08. The summed E-state index contributed by atoms with van der Waals surface area (Å²) in [5, 5.41) is 8.84. The van der Waals surface area contributed by atoms with E-state index in [1.54, 1.807) is 0 Å². The van der Waals surface area contributed by atoms with Crippen LogP contribution in [0, 0.1) is 0 Å². The van der Waals surface area contributed by atoms with E-state index in [-0.39, 0.29) is 5.97 Å². The van der Waals surface area contributed by atoms with Gasteiger partial charge in [0.25, 0.3) is 0 Å². The number of rotatable bonds is 13. The minimum Gasteiger partial charge on any atom is -0.480 e. The summed E-state index contributed by atoms with van der Waals surface area (Å²) in [5.41, 5.74) is 0. The van der Waals surface area contributed by atoms with Crippen molar-refractivity contribution in [2.45, 2.75) is 80.8 Å². The highest BCUT2D eigenvalue weighted by Gasteiger charge is 2.36. The van der Waals surface area contributed by atoms with E-state index < -0.39 is 15.1 Å². The molecule has 0 aromatic heterocycles. The van der Waals surface area contributed by atoms with Crippen LogP contribution in [0.5, 0.6) is 0 Å². The van der Waals surface area contributed by atoms with Gasteiger partial charge < -0.3 is 9.84 Å². The van der Waals surface area contributed by atoms with Gasteiger partial charge in [-0.05, 0) is 25.7 Å². The second kappa shape index (κ2) is 12.3. The van der Waals surface area contributed by atoms with Crippen LogP contribution in [0.1, 0.15) is 71.6 Å². The topological polar surface area (TPSA) is 63.6 Å². The maximum Gasteiger partial charge on any atom is 0.322 e. The van der Waals surface area contributed by atoms with Crippen molar-refractivity contribution in [1.82, 2.24) is 0 Å². The smallest absolute Gasteiger partial charge is 0.322 e. The van der Waals surface area contributed by atoms with Crippen LogP contribution in [0.2, 0.25) is 0 Å². The summed E-state index contributed by atoms with van der Waals surface area (Å²) < 4.78 is 4.75. The number of alkyl halides is 2. The molecule has 0 aromatic rings. The monoisotopic (exact) mass is 442 g/mol. The zero-order chi connectivity index (χ0) is 17.0. The normalized spacial score (nSPS) is 15.1. The Kier molecular flexibility index (Phi) is 12.3. The number of aliphatic carboxylic acids is 1. The first-order valence-corrected chi connectivity index (χ1v) is 9.81. The highest BCUT2D eigenvalue weighted by molar-refractivity contribution is 9.10. The molecule has 0 aliphatic carbocycles. The molecule has 22 heavy (non-hydrogen) atoms. The zero-order valence-corrected chi connectivity index (χ0v) is 16.7. The number of carbonyl (C=O) groups excluding carboxylic acids is 1. The first-order chi connectivity index (χ1) is 10.4. The van der Waals surface area contributed by atoms with E-state index in [2.05, 4.69) is 45.7 Å². The second-order valence-electron chi connectivity index (χ2n) is 5.61. The third kappa shape index (κ3) is 9.13. The number of unbranched alkanes of at least 4 members (excludes halogenated alkanes) is 3. The average molecular weight is 444 g/mol. The molecular weight excluding hydrogens is 416 g/mol. The Balaban J connectivity index is 4.35. The van der Waals surface area contributed by atoms with Gasteiger partial charge in [-0.15, -0.1) is 0 Å². The van der Waals surface area contributed by atoms with Crippen LogP contribution in [0.15, 0.2) is 0 Å². The van der Waals surface area contributed by atoms with E-state index in [0.29, 0.717) is 19.4 Å². The quantitative estimate of drug-likeness (QED) is 0.245. The zero-order valence-electron chi connectivity index (χ0n) is 13.6. The van der Waals surface area contributed by atoms with Gasteiger partial charge in [-0.2, -0.15) is 0 Å². The molecule has 0 aromatic carbocycles. The maximum absolute atomic E-state index is 12.3. The van der Waals surface area contributed by atoms with Crippen molar-refractivity contribution < 1.29 is 19.4 Å². The van der Waals surface area contributed by atoms with Crippen molar-refractivity contribution in [1.29, 1.82) is 0 Å². The molecule has 4 nitrogen and oxygen atoms in total. The Hall–Kier alpha value is -0.100. The number of carboxylic acid groups (broad SMARTS) is 1. The van der Waals surface area contributed by atoms with E-state index in [1.165, 1.54) is 0 Å². The van der Waals surface area contributed by atoms with E-state index in [9.17, 15) is 9.59 Å². The number of esters is 1. The van der Waals surface area contributed by atoms with Gasteiger partial charge in [0.2, 0.25) is 0 Å². The van der Waals surface area contributed by atoms with Crippen LogP contribution in [-0.2, 0) is 14.3 Å². The summed E-state index contributed by atoms with van der Waals surface area (Å²) in [6, 6.07) is 0. The molecule has 0 amide bonds. The van der Waals surface area contributed by atoms with E-state index in [1.807, 2.05) is 0 Å². The molecule has 1 N–H and O–H groups in total. The SMILES string of the molecule is CCCCOC(=O)C(Br)(CCCC)CCCCC(Br)C(=O)O. The molecule has 6 heteroatoms. The molecule has 0 aliphatic heterocycles. The Morgan fingerprint density at radius 1 is 1.09 bits per heavy atom. The van der Waals surface area contributed by atoms with Crippen LogP contribution in [0.4, 0.5) is 0 Å². The third-order valence-corrected chi connectivity index (χ3v) is 5.54. The standard InChI is InChI=1S/C16H28Br2O4/c1-3-5-10-16(18,15(21)22-12-6-4-2)11-8-7-9-13(17)14(19)20/h13H,3-12H2,1-2H3,(H,19,20). The number of hydrogen-bond donors (Lipinski definition) is 1. The number of hydrogen-bond acceptors (Lipinski definition) is 3. The minimum absolute atomic E-state index is 0.178. The van der Waals surface area contributed by atoms with Crippen molar-refractivity contribution in [2.75, 3.05) is 6.61 Å². The molecule has 0 bridgehead atoms. The van der Waals surface area contributed by atoms with Gasteiger partial charge in [0.05, 0.1) is 6.61 Å². The second-order valence-corrected chi connectivity index (χ2v) is 8.23. The van der Waals surface area contributed by atoms with Crippen molar-refractivity contribution in [3.05, 3.63) is 0 Å². The summed E-state index contributed by atoms with van der Waals surface area (Å²) in [7, 11) is 0. The molecule has 130 valence electrons. The summed E-state index contributed by atoms with van der Waals surface area (Å²) in [4.78, 5) is 22.6. The molecule has 0 spiro atoms. The largest absolute Gasteiger partial charge is 0.480 e. The predicted octanol–water partition coefficient (Wildman–Crippen LogP) is 5.06. The lowest BCUT2D eigenvalue weighted by molar-refractivity contribution is -0.147. The molecule has 0 fully saturated rings. The van der Waals surface area contributed by atoms with Gasteiger partial charge in [0.1, 0.15) is 9.15 Å². The molecule has 0 radical (unpaired) electrons. The summed E-state index contributed by atoms with van der Waals surface area (Å²) in [5.74, 6) is -1.02. The highest BCUT2D eigenvalue weighted by Crippen LogP contribution is 2.33. The van der Waals surface area contributed by atoms with Crippen LogP contribution >= 0.6 is 31.9 Å². The van der Waals surface area contributed by atoms with E-state index in [0.717, 1.165) is 44.9 Å². The minimum atomic E-state index is -0.838. The Morgan fingerprint density at radius 2 is 1.68 bits per heavy atom. The van der Waals surface area contributed by atoms with Crippen molar-refractivity contribution in [3.63, 3.8) is 0 Å². The van der Waals surface area contributed by atoms with Gasteiger partial charge in [0.15, 0.2) is 0 Å². The fraction of sp³-hybridized carbons (Fsp3) is 0.875. The lowest BCUT2D eigenvalue weighted by atomic mass is 9.95. The average Bonchev–Trinajstić information content (AvgIpc) is 2.49. The Labute approximate surface area is 150 Å². The first-order valence-electron chi connectivity index (χ1n) is 8.10. The summed E-state index contributed by atoms with van der Waals surface area (Å²) >= 11 is 6.73. The van der Waals surface area contributed by atoms with E-state index in [4.69, 9.17) is 9.84 Å². The van der Waals surface area contributed by atoms with Gasteiger partial charge in [-0.1, -0.05) is 77.8 Å². The summed E-state index contributed by atoms with van der Waals surface area (Å²) in [6.45, 7) is 4.63. The van der Waals surface area contributed by atoms with Crippen LogP contribution in [-0.4, -0.2) is 32.8 Å². The van der Waals surface area contributed by atoms with Crippen molar-refractivity contribution in [2.24, 2.45) is 0 Å². The molecule has 0 rings (SSSR count). The first kappa shape index (κ1) is 21.9. The number of ether oxygens (including phenoxy) is 1. The van der Waals surface area contributed by atoms with Gasteiger partial charge >= 0.3 is 11.9 Å². The highest BCUT2D eigenvalue weighted by atomic mass is 79.9. The van der Waals surface area contributed by atoms with Gasteiger partial charge in [-0.3, -0.25) is 9.59 Å². The number of halogens is 2. The van der Waals surface area contributed by atoms with Gasteiger partial charge in [0, 0.05) is 0 Å². The third-order valence-electron chi connectivity index (χ3n) is 3.57. The molecule has 0 saturated carbocycles. The van der Waals surface area contributed by atoms with Gasteiger partial charge in [-0.25, -0.2) is 0 Å². The van der Waals surface area contributed by atoms with Crippen molar-refractivity contribution in [3.8, 4) is 0 Å². The number of carbonyl (C=O) groups is 2. The van der Waals surface area contributed by atoms with Crippen molar-refractivity contribution >= 4 is 43.8 Å². The van der Waals surface area contributed by atoms with Crippen LogP contribution < -0.4 is 0 Å². The Bertz CT molecular complexity index is 336. The molecule has 2 unspecified atom stereocenters. The lowest BCUT2D eigenvalue weighted by Crippen LogP contribution is -2.34. The molecule has 0 heterocycles. The molecular formula is C16H28Br2O4. The summed E-state index contributed by atoms with van der Waals surface area (Å²) in [6.07, 6.45) is 7.44. The lowest BCUT2D eigenvalue weighted by Gasteiger charge is -2.25.